The Balaban J connectivity index is 1.94. The molecule has 0 aromatic heterocycles. The smallest absolute Gasteiger partial charge is 0.304 e. The predicted molar refractivity (Wildman–Crippen MR) is 108 cm³/mol. The van der Waals surface area contributed by atoms with E-state index in [1.165, 1.54) is 18.2 Å². The summed E-state index contributed by atoms with van der Waals surface area (Å²) in [7, 11) is 0. The van der Waals surface area contributed by atoms with E-state index in [-0.39, 0.29) is 47.2 Å². The van der Waals surface area contributed by atoms with Crippen molar-refractivity contribution in [1.29, 1.82) is 0 Å². The highest BCUT2D eigenvalue weighted by molar-refractivity contribution is 6.35. The van der Waals surface area contributed by atoms with Crippen LogP contribution in [0.2, 0.25) is 5.02 Å². The minimum Gasteiger partial charge on any atom is -0.481 e. The number of rotatable bonds is 9. The Labute approximate surface area is 173 Å². The molecule has 2 aromatic rings. The third-order valence-electron chi connectivity index (χ3n) is 5.12. The first kappa shape index (κ1) is 21.4. The molecule has 0 radical (unpaired) electrons. The first-order valence-corrected chi connectivity index (χ1v) is 9.89. The second-order valence-corrected chi connectivity index (χ2v) is 7.90. The Morgan fingerprint density at radius 1 is 1.21 bits per heavy atom. The molecule has 1 aliphatic carbocycles. The summed E-state index contributed by atoms with van der Waals surface area (Å²) in [5.41, 5.74) is 1.05. The molecule has 0 amide bonds. The molecule has 7 heteroatoms. The fourth-order valence-corrected chi connectivity index (χ4v) is 3.69. The summed E-state index contributed by atoms with van der Waals surface area (Å²) in [5, 5.41) is 21.4. The van der Waals surface area contributed by atoms with Crippen molar-refractivity contribution in [1.82, 2.24) is 5.32 Å². The van der Waals surface area contributed by atoms with Crippen LogP contribution >= 0.6 is 11.6 Å². The van der Waals surface area contributed by atoms with E-state index in [0.29, 0.717) is 11.1 Å². The monoisotopic (exact) mass is 419 g/mol. The first-order chi connectivity index (χ1) is 13.8. The summed E-state index contributed by atoms with van der Waals surface area (Å²) in [6.07, 6.45) is 1.73. The standard InChI is InChI=1S/C22H23ClFNO4/c1-12(10-18(27)28)25-21(14-6-7-14)16-8-9-17(23)19(20(16)24)22(29)15-4-2-13(11-26)3-5-15/h2-5,8-9,12,14,21,25-26H,6-7,10-11H2,1H3,(H,27,28)/t12?,21-/m1/s1. The highest BCUT2D eigenvalue weighted by Gasteiger charge is 2.36. The topological polar surface area (TPSA) is 86.6 Å². The van der Waals surface area contributed by atoms with Crippen LogP contribution in [0.5, 0.6) is 0 Å². The summed E-state index contributed by atoms with van der Waals surface area (Å²) in [4.78, 5) is 23.9. The Hall–Kier alpha value is -2.28. The lowest BCUT2D eigenvalue weighted by Gasteiger charge is -2.24. The summed E-state index contributed by atoms with van der Waals surface area (Å²) < 4.78 is 15.5. The molecule has 29 heavy (non-hydrogen) atoms. The van der Waals surface area contributed by atoms with E-state index in [0.717, 1.165) is 12.8 Å². The molecule has 5 nitrogen and oxygen atoms in total. The second kappa shape index (κ2) is 9.03. The number of nitrogens with one attached hydrogen (secondary N) is 1. The molecule has 2 atom stereocenters. The molecular weight excluding hydrogens is 397 g/mol. The highest BCUT2D eigenvalue weighted by Crippen LogP contribution is 2.43. The Morgan fingerprint density at radius 2 is 1.86 bits per heavy atom. The number of carboxylic acids is 1. The van der Waals surface area contributed by atoms with Crippen molar-refractivity contribution in [3.05, 3.63) is 69.5 Å². The molecule has 0 aliphatic heterocycles. The lowest BCUT2D eigenvalue weighted by atomic mass is 9.94. The summed E-state index contributed by atoms with van der Waals surface area (Å²) in [6, 6.07) is 8.60. The molecular formula is C22H23ClFNO4. The molecule has 1 fully saturated rings. The van der Waals surface area contributed by atoms with Crippen molar-refractivity contribution >= 4 is 23.4 Å². The number of benzene rings is 2. The molecule has 0 bridgehead atoms. The van der Waals surface area contributed by atoms with Gasteiger partial charge < -0.3 is 15.5 Å². The van der Waals surface area contributed by atoms with Gasteiger partial charge in [-0.2, -0.15) is 0 Å². The number of aliphatic hydroxyl groups is 1. The zero-order valence-corrected chi connectivity index (χ0v) is 16.7. The zero-order valence-electron chi connectivity index (χ0n) is 16.0. The molecule has 0 saturated heterocycles. The largest absolute Gasteiger partial charge is 0.481 e. The molecule has 0 heterocycles. The van der Waals surface area contributed by atoms with Crippen LogP contribution in [0, 0.1) is 11.7 Å². The van der Waals surface area contributed by atoms with Crippen molar-refractivity contribution in [2.75, 3.05) is 0 Å². The maximum atomic E-state index is 15.5. The van der Waals surface area contributed by atoms with Gasteiger partial charge in [-0.1, -0.05) is 41.9 Å². The van der Waals surface area contributed by atoms with Crippen LogP contribution in [0.4, 0.5) is 4.39 Å². The number of aliphatic carboxylic acids is 1. The molecule has 154 valence electrons. The third-order valence-corrected chi connectivity index (χ3v) is 5.44. The quantitative estimate of drug-likeness (QED) is 0.532. The zero-order chi connectivity index (χ0) is 21.1. The first-order valence-electron chi connectivity index (χ1n) is 9.52. The number of carboxylic acid groups (broad SMARTS) is 1. The van der Waals surface area contributed by atoms with Gasteiger partial charge in [-0.05, 0) is 37.3 Å². The van der Waals surface area contributed by atoms with Crippen LogP contribution in [0.1, 0.15) is 59.3 Å². The predicted octanol–water partition coefficient (Wildman–Crippen LogP) is 4.11. The van der Waals surface area contributed by atoms with Crippen LogP contribution < -0.4 is 5.32 Å². The Bertz CT molecular complexity index is 912. The van der Waals surface area contributed by atoms with Gasteiger partial charge in [0.2, 0.25) is 0 Å². The van der Waals surface area contributed by atoms with Gasteiger partial charge in [0.25, 0.3) is 0 Å². The molecule has 1 aliphatic rings. The summed E-state index contributed by atoms with van der Waals surface area (Å²) in [5.74, 6) is -1.96. The number of hydrogen-bond donors (Lipinski definition) is 3. The van der Waals surface area contributed by atoms with Crippen molar-refractivity contribution in [2.24, 2.45) is 5.92 Å². The van der Waals surface area contributed by atoms with Gasteiger partial charge in [0.1, 0.15) is 5.82 Å². The normalized spacial score (nSPS) is 15.7. The SMILES string of the molecule is CC(CC(=O)O)N[C@@H](c1ccc(Cl)c(C(=O)c2ccc(CO)cc2)c1F)C1CC1. The average molecular weight is 420 g/mol. The summed E-state index contributed by atoms with van der Waals surface area (Å²) >= 11 is 6.18. The third kappa shape index (κ3) is 5.01. The summed E-state index contributed by atoms with van der Waals surface area (Å²) in [6.45, 7) is 1.59. The minimum absolute atomic E-state index is 0.0237. The van der Waals surface area contributed by atoms with Gasteiger partial charge in [-0.3, -0.25) is 9.59 Å². The Morgan fingerprint density at radius 3 is 2.41 bits per heavy atom. The number of aliphatic hydroxyl groups excluding tert-OH is 1. The lowest BCUT2D eigenvalue weighted by molar-refractivity contribution is -0.137. The van der Waals surface area contributed by atoms with E-state index in [4.69, 9.17) is 21.8 Å². The van der Waals surface area contributed by atoms with Crippen LogP contribution in [0.15, 0.2) is 36.4 Å². The van der Waals surface area contributed by atoms with Crippen LogP contribution in [0.3, 0.4) is 0 Å². The fourth-order valence-electron chi connectivity index (χ4n) is 3.46. The molecule has 3 rings (SSSR count). The number of ketones is 1. The van der Waals surface area contributed by atoms with Crippen LogP contribution in [0.25, 0.3) is 0 Å². The van der Waals surface area contributed by atoms with E-state index in [2.05, 4.69) is 5.32 Å². The molecule has 1 saturated carbocycles. The van der Waals surface area contributed by atoms with Crippen molar-refractivity contribution in [3.63, 3.8) is 0 Å². The maximum absolute atomic E-state index is 15.5. The number of hydrogen-bond acceptors (Lipinski definition) is 4. The van der Waals surface area contributed by atoms with Crippen molar-refractivity contribution in [3.8, 4) is 0 Å². The van der Waals surface area contributed by atoms with E-state index >= 15 is 4.39 Å². The highest BCUT2D eigenvalue weighted by atomic mass is 35.5. The van der Waals surface area contributed by atoms with E-state index < -0.39 is 17.6 Å². The molecule has 1 unspecified atom stereocenters. The molecule has 0 spiro atoms. The lowest BCUT2D eigenvalue weighted by Crippen LogP contribution is -2.34. The Kier molecular flexibility index (Phi) is 6.67. The molecule has 2 aromatic carbocycles. The van der Waals surface area contributed by atoms with Gasteiger partial charge in [0.15, 0.2) is 5.78 Å². The van der Waals surface area contributed by atoms with Gasteiger partial charge in [0.05, 0.1) is 23.6 Å². The van der Waals surface area contributed by atoms with E-state index in [9.17, 15) is 9.59 Å². The van der Waals surface area contributed by atoms with Crippen LogP contribution in [-0.4, -0.2) is 28.0 Å². The second-order valence-electron chi connectivity index (χ2n) is 7.49. The van der Waals surface area contributed by atoms with Gasteiger partial charge in [0, 0.05) is 23.2 Å². The minimum atomic E-state index is -0.932. The maximum Gasteiger partial charge on any atom is 0.304 e. The molecule has 3 N–H and O–H groups in total. The van der Waals surface area contributed by atoms with Gasteiger partial charge in [-0.15, -0.1) is 0 Å². The van der Waals surface area contributed by atoms with Crippen molar-refractivity contribution in [2.45, 2.75) is 44.9 Å². The van der Waals surface area contributed by atoms with Gasteiger partial charge >= 0.3 is 5.97 Å². The average Bonchev–Trinajstić information content (AvgIpc) is 3.51. The van der Waals surface area contributed by atoms with E-state index in [1.807, 2.05) is 0 Å². The van der Waals surface area contributed by atoms with E-state index in [1.54, 1.807) is 25.1 Å². The number of carbonyl (C=O) groups is 2. The fraction of sp³-hybridized carbons (Fsp3) is 0.364. The number of carbonyl (C=O) groups excluding carboxylic acids is 1. The van der Waals surface area contributed by atoms with Gasteiger partial charge in [-0.25, -0.2) is 4.39 Å². The van der Waals surface area contributed by atoms with Crippen LogP contribution in [-0.2, 0) is 11.4 Å². The number of halogens is 2. The van der Waals surface area contributed by atoms with Crippen molar-refractivity contribution < 1.29 is 24.2 Å².